The molecule has 0 aliphatic rings. The molecule has 2 aromatic rings. The maximum atomic E-state index is 12.9. The normalized spacial score (nSPS) is 11.8. The zero-order chi connectivity index (χ0) is 15.4. The quantitative estimate of drug-likeness (QED) is 0.940. The minimum absolute atomic E-state index is 0.0498. The van der Waals surface area contributed by atoms with Gasteiger partial charge in [0.2, 0.25) is 0 Å². The lowest BCUT2D eigenvalue weighted by Gasteiger charge is -2.16. The number of nitrogens with zero attached hydrogens (tertiary/aromatic N) is 2. The number of pyridine rings is 1. The lowest BCUT2D eigenvalue weighted by Crippen LogP contribution is -2.21. The van der Waals surface area contributed by atoms with E-state index in [4.69, 9.17) is 0 Å². The molecular weight excluding hydrogens is 269 g/mol. The number of rotatable bonds is 4. The molecule has 0 aliphatic carbocycles. The molecule has 0 aliphatic heterocycles. The van der Waals surface area contributed by atoms with Crippen molar-refractivity contribution in [2.45, 2.75) is 13.0 Å². The molecule has 1 amide bonds. The van der Waals surface area contributed by atoms with E-state index in [0.29, 0.717) is 5.56 Å². The van der Waals surface area contributed by atoms with Crippen molar-refractivity contribution in [1.82, 2.24) is 9.88 Å². The number of anilines is 1. The lowest BCUT2D eigenvalue weighted by atomic mass is 10.1. The Morgan fingerprint density at radius 1 is 1.29 bits per heavy atom. The molecule has 1 unspecified atom stereocenters. The number of carbonyl (C=O) groups excluding carboxylic acids is 1. The average Bonchev–Trinajstić information content (AvgIpc) is 2.47. The van der Waals surface area contributed by atoms with Crippen molar-refractivity contribution in [1.29, 1.82) is 0 Å². The van der Waals surface area contributed by atoms with E-state index < -0.39 is 0 Å². The Balaban J connectivity index is 2.14. The molecule has 0 spiro atoms. The predicted octanol–water partition coefficient (Wildman–Crippen LogP) is 3.10. The van der Waals surface area contributed by atoms with Crippen LogP contribution in [0.4, 0.5) is 10.1 Å². The minimum atomic E-state index is -0.357. The minimum Gasteiger partial charge on any atom is -0.377 e. The predicted molar refractivity (Wildman–Crippen MR) is 80.7 cm³/mol. The second kappa shape index (κ2) is 6.35. The third kappa shape index (κ3) is 3.78. The van der Waals surface area contributed by atoms with Crippen LogP contribution in [-0.2, 0) is 0 Å². The van der Waals surface area contributed by atoms with Gasteiger partial charge in [0, 0.05) is 25.3 Å². The zero-order valence-electron chi connectivity index (χ0n) is 12.3. The molecule has 0 fully saturated rings. The Labute approximate surface area is 123 Å². The number of aromatic nitrogens is 1. The van der Waals surface area contributed by atoms with Crippen LogP contribution in [0.25, 0.3) is 0 Å². The third-order valence-electron chi connectivity index (χ3n) is 3.09. The number of amides is 1. The molecule has 1 N–H and O–H groups in total. The molecule has 2 rings (SSSR count). The summed E-state index contributed by atoms with van der Waals surface area (Å²) < 4.78 is 12.9. The standard InChI is InChI=1S/C16H18FN3O/c1-11(15-8-7-13(17)10-18-15)19-14-6-4-5-12(9-14)16(21)20(2)3/h4-11,19H,1-3H3. The van der Waals surface area contributed by atoms with Gasteiger partial charge in [-0.25, -0.2) is 4.39 Å². The Bertz CT molecular complexity index is 626. The van der Waals surface area contributed by atoms with E-state index in [0.717, 1.165) is 11.4 Å². The van der Waals surface area contributed by atoms with Crippen LogP contribution >= 0.6 is 0 Å². The number of halogens is 1. The largest absolute Gasteiger partial charge is 0.377 e. The molecule has 0 saturated carbocycles. The highest BCUT2D eigenvalue weighted by atomic mass is 19.1. The third-order valence-corrected chi connectivity index (χ3v) is 3.09. The SMILES string of the molecule is CC(Nc1cccc(C(=O)N(C)C)c1)c1ccc(F)cn1. The van der Waals surface area contributed by atoms with E-state index in [1.165, 1.54) is 17.2 Å². The van der Waals surface area contributed by atoms with E-state index in [-0.39, 0.29) is 17.8 Å². The number of hydrogen-bond donors (Lipinski definition) is 1. The van der Waals surface area contributed by atoms with Gasteiger partial charge in [-0.15, -0.1) is 0 Å². The van der Waals surface area contributed by atoms with Crippen molar-refractivity contribution in [3.8, 4) is 0 Å². The highest BCUT2D eigenvalue weighted by molar-refractivity contribution is 5.94. The molecule has 1 aromatic heterocycles. The highest BCUT2D eigenvalue weighted by Gasteiger charge is 2.10. The van der Waals surface area contributed by atoms with Crippen LogP contribution in [0.5, 0.6) is 0 Å². The van der Waals surface area contributed by atoms with Gasteiger partial charge in [0.15, 0.2) is 0 Å². The maximum Gasteiger partial charge on any atom is 0.253 e. The fraction of sp³-hybridized carbons (Fsp3) is 0.250. The van der Waals surface area contributed by atoms with Gasteiger partial charge in [-0.3, -0.25) is 9.78 Å². The van der Waals surface area contributed by atoms with E-state index >= 15 is 0 Å². The summed E-state index contributed by atoms with van der Waals surface area (Å²) in [5.41, 5.74) is 2.17. The molecule has 5 heteroatoms. The van der Waals surface area contributed by atoms with Crippen LogP contribution in [0.1, 0.15) is 29.0 Å². The van der Waals surface area contributed by atoms with Gasteiger partial charge in [0.25, 0.3) is 5.91 Å². The summed E-state index contributed by atoms with van der Waals surface area (Å²) in [6.07, 6.45) is 1.19. The van der Waals surface area contributed by atoms with Gasteiger partial charge in [-0.2, -0.15) is 0 Å². The van der Waals surface area contributed by atoms with Crippen LogP contribution in [0.15, 0.2) is 42.6 Å². The highest BCUT2D eigenvalue weighted by Crippen LogP contribution is 2.19. The van der Waals surface area contributed by atoms with E-state index in [9.17, 15) is 9.18 Å². The second-order valence-corrected chi connectivity index (χ2v) is 5.05. The summed E-state index contributed by atoms with van der Waals surface area (Å²) in [6.45, 7) is 1.93. The molecule has 4 nitrogen and oxygen atoms in total. The van der Waals surface area contributed by atoms with Gasteiger partial charge in [0.05, 0.1) is 17.9 Å². The van der Waals surface area contributed by atoms with Crippen molar-refractivity contribution in [3.05, 3.63) is 59.7 Å². The van der Waals surface area contributed by atoms with Crippen molar-refractivity contribution in [2.24, 2.45) is 0 Å². The van der Waals surface area contributed by atoms with Crippen molar-refractivity contribution < 1.29 is 9.18 Å². The summed E-state index contributed by atoms with van der Waals surface area (Å²) in [5.74, 6) is -0.407. The first-order valence-electron chi connectivity index (χ1n) is 6.67. The van der Waals surface area contributed by atoms with Gasteiger partial charge >= 0.3 is 0 Å². The van der Waals surface area contributed by atoms with Gasteiger partial charge in [-0.05, 0) is 37.3 Å². The van der Waals surface area contributed by atoms with Crippen LogP contribution in [0.2, 0.25) is 0 Å². The number of nitrogens with one attached hydrogen (secondary N) is 1. The smallest absolute Gasteiger partial charge is 0.253 e. The molecule has 1 atom stereocenters. The summed E-state index contributed by atoms with van der Waals surface area (Å²) in [6, 6.07) is 10.2. The van der Waals surface area contributed by atoms with Crippen molar-refractivity contribution in [2.75, 3.05) is 19.4 Å². The first-order valence-corrected chi connectivity index (χ1v) is 6.67. The fourth-order valence-corrected chi connectivity index (χ4v) is 1.97. The monoisotopic (exact) mass is 287 g/mol. The van der Waals surface area contributed by atoms with E-state index in [1.54, 1.807) is 32.3 Å². The first-order chi connectivity index (χ1) is 9.97. The summed E-state index contributed by atoms with van der Waals surface area (Å²) in [4.78, 5) is 17.5. The molecule has 1 heterocycles. The first kappa shape index (κ1) is 15.0. The molecule has 0 saturated heterocycles. The molecule has 0 bridgehead atoms. The molecule has 110 valence electrons. The van der Waals surface area contributed by atoms with Gasteiger partial charge in [0.1, 0.15) is 5.82 Å². The molecule has 21 heavy (non-hydrogen) atoms. The topological polar surface area (TPSA) is 45.2 Å². The van der Waals surface area contributed by atoms with Crippen LogP contribution in [0.3, 0.4) is 0 Å². The van der Waals surface area contributed by atoms with E-state index in [1.807, 2.05) is 19.1 Å². The number of hydrogen-bond acceptors (Lipinski definition) is 3. The van der Waals surface area contributed by atoms with Crippen LogP contribution in [0, 0.1) is 5.82 Å². The Morgan fingerprint density at radius 2 is 2.05 bits per heavy atom. The summed E-state index contributed by atoms with van der Waals surface area (Å²) in [5, 5.41) is 3.26. The molecule has 1 aromatic carbocycles. The van der Waals surface area contributed by atoms with Crippen LogP contribution < -0.4 is 5.32 Å². The Kier molecular flexibility index (Phi) is 4.52. The molecular formula is C16H18FN3O. The van der Waals surface area contributed by atoms with Gasteiger partial charge < -0.3 is 10.2 Å². The Hall–Kier alpha value is -2.43. The van der Waals surface area contributed by atoms with Crippen molar-refractivity contribution in [3.63, 3.8) is 0 Å². The zero-order valence-corrected chi connectivity index (χ0v) is 12.3. The summed E-state index contributed by atoms with van der Waals surface area (Å²) >= 11 is 0. The lowest BCUT2D eigenvalue weighted by molar-refractivity contribution is 0.0827. The number of carbonyl (C=O) groups is 1. The van der Waals surface area contributed by atoms with Crippen LogP contribution in [-0.4, -0.2) is 29.9 Å². The Morgan fingerprint density at radius 3 is 2.67 bits per heavy atom. The number of benzene rings is 1. The maximum absolute atomic E-state index is 12.9. The van der Waals surface area contributed by atoms with E-state index in [2.05, 4.69) is 10.3 Å². The van der Waals surface area contributed by atoms with Gasteiger partial charge in [-0.1, -0.05) is 6.07 Å². The fourth-order valence-electron chi connectivity index (χ4n) is 1.97. The summed E-state index contributed by atoms with van der Waals surface area (Å²) in [7, 11) is 3.43. The van der Waals surface area contributed by atoms with Crippen molar-refractivity contribution >= 4 is 11.6 Å². The molecule has 0 radical (unpaired) electrons. The average molecular weight is 287 g/mol. The second-order valence-electron chi connectivity index (χ2n) is 5.05.